The Hall–Kier alpha value is -2.35. The maximum atomic E-state index is 4.66. The number of para-hydroxylation sites is 2. The zero-order valence-corrected chi connectivity index (χ0v) is 10.1. The summed E-state index contributed by atoms with van der Waals surface area (Å²) < 4.78 is 2.23. The van der Waals surface area contributed by atoms with Crippen LogP contribution in [0.15, 0.2) is 54.6 Å². The van der Waals surface area contributed by atoms with Gasteiger partial charge in [0.15, 0.2) is 0 Å². The van der Waals surface area contributed by atoms with Crippen LogP contribution in [0.5, 0.6) is 0 Å². The van der Waals surface area contributed by atoms with Gasteiger partial charge in [0.2, 0.25) is 0 Å². The van der Waals surface area contributed by atoms with Crippen molar-refractivity contribution < 1.29 is 0 Å². The van der Waals surface area contributed by atoms with Crippen molar-refractivity contribution >= 4 is 27.6 Å². The molecule has 0 aliphatic carbocycles. The van der Waals surface area contributed by atoms with Gasteiger partial charge >= 0.3 is 0 Å². The molecule has 0 aliphatic rings. The van der Waals surface area contributed by atoms with E-state index < -0.39 is 0 Å². The second kappa shape index (κ2) is 3.33. The molecule has 0 saturated heterocycles. The van der Waals surface area contributed by atoms with Gasteiger partial charge in [0.25, 0.3) is 0 Å². The lowest BCUT2D eigenvalue weighted by atomic mass is 10.1. The summed E-state index contributed by atoms with van der Waals surface area (Å²) in [5.41, 5.74) is 5.75. The molecule has 18 heavy (non-hydrogen) atoms. The molecule has 2 heteroatoms. The Kier molecular flexibility index (Phi) is 1.78. The summed E-state index contributed by atoms with van der Waals surface area (Å²) in [6.45, 7) is 2.15. The van der Waals surface area contributed by atoms with Crippen molar-refractivity contribution in [3.05, 3.63) is 60.2 Å². The molecule has 0 atom stereocenters. The third-order valence-electron chi connectivity index (χ3n) is 3.53. The molecule has 2 heterocycles. The number of rotatable bonds is 0. The number of hydrogen-bond acceptors (Lipinski definition) is 1. The van der Waals surface area contributed by atoms with Crippen molar-refractivity contribution in [1.29, 1.82) is 0 Å². The third kappa shape index (κ3) is 1.15. The number of benzene rings is 2. The predicted molar refractivity (Wildman–Crippen MR) is 74.9 cm³/mol. The van der Waals surface area contributed by atoms with E-state index in [1.54, 1.807) is 0 Å². The average Bonchev–Trinajstić information content (AvgIpc) is 2.77. The van der Waals surface area contributed by atoms with E-state index in [2.05, 4.69) is 64.8 Å². The molecule has 0 saturated carbocycles. The van der Waals surface area contributed by atoms with Crippen LogP contribution in [0.25, 0.3) is 27.6 Å². The number of hydrogen-bond donors (Lipinski definition) is 0. The first-order chi connectivity index (χ1) is 8.84. The SMILES string of the molecule is Cc1cccc2c1ccc1nc3ccccc3n12. The van der Waals surface area contributed by atoms with Crippen LogP contribution in [0.2, 0.25) is 0 Å². The van der Waals surface area contributed by atoms with Crippen molar-refractivity contribution in [2.45, 2.75) is 6.92 Å². The Morgan fingerprint density at radius 3 is 2.61 bits per heavy atom. The summed E-state index contributed by atoms with van der Waals surface area (Å²) >= 11 is 0. The van der Waals surface area contributed by atoms with Crippen LogP contribution in [0.3, 0.4) is 0 Å². The second-order valence-electron chi connectivity index (χ2n) is 4.64. The van der Waals surface area contributed by atoms with Crippen LogP contribution in [-0.4, -0.2) is 9.38 Å². The van der Waals surface area contributed by atoms with E-state index in [0.29, 0.717) is 0 Å². The molecule has 0 aliphatic heterocycles. The molecule has 0 N–H and O–H groups in total. The molecule has 2 aromatic carbocycles. The largest absolute Gasteiger partial charge is 0.292 e. The van der Waals surface area contributed by atoms with E-state index in [9.17, 15) is 0 Å². The molecular formula is C16H12N2. The van der Waals surface area contributed by atoms with Gasteiger partial charge in [-0.05, 0) is 42.8 Å². The van der Waals surface area contributed by atoms with Crippen LogP contribution >= 0.6 is 0 Å². The van der Waals surface area contributed by atoms with E-state index in [4.69, 9.17) is 0 Å². The molecule has 0 radical (unpaired) electrons. The number of imidazole rings is 1. The lowest BCUT2D eigenvalue weighted by molar-refractivity contribution is 1.29. The number of fused-ring (bicyclic) bond motifs is 5. The Morgan fingerprint density at radius 2 is 1.67 bits per heavy atom. The van der Waals surface area contributed by atoms with E-state index in [1.807, 2.05) is 6.07 Å². The smallest absolute Gasteiger partial charge is 0.138 e. The van der Waals surface area contributed by atoms with Crippen LogP contribution in [0, 0.1) is 6.92 Å². The zero-order valence-electron chi connectivity index (χ0n) is 10.1. The Labute approximate surface area is 104 Å². The Bertz CT molecular complexity index is 887. The molecule has 86 valence electrons. The van der Waals surface area contributed by atoms with Crippen molar-refractivity contribution in [2.75, 3.05) is 0 Å². The highest BCUT2D eigenvalue weighted by Gasteiger charge is 2.07. The fourth-order valence-corrected chi connectivity index (χ4v) is 2.64. The van der Waals surface area contributed by atoms with Gasteiger partial charge in [-0.25, -0.2) is 4.98 Å². The molecule has 4 aromatic rings. The van der Waals surface area contributed by atoms with Crippen molar-refractivity contribution in [2.24, 2.45) is 0 Å². The minimum absolute atomic E-state index is 1.01. The molecule has 0 fully saturated rings. The monoisotopic (exact) mass is 232 g/mol. The minimum Gasteiger partial charge on any atom is -0.292 e. The average molecular weight is 232 g/mol. The van der Waals surface area contributed by atoms with Gasteiger partial charge in [-0.3, -0.25) is 4.40 Å². The molecule has 0 bridgehead atoms. The fraction of sp³-hybridized carbons (Fsp3) is 0.0625. The fourth-order valence-electron chi connectivity index (χ4n) is 2.64. The van der Waals surface area contributed by atoms with E-state index in [0.717, 1.165) is 11.2 Å². The maximum absolute atomic E-state index is 4.66. The highest BCUT2D eigenvalue weighted by atomic mass is 15.0. The normalized spacial score (nSPS) is 11.6. The lowest BCUT2D eigenvalue weighted by Crippen LogP contribution is -1.89. The highest BCUT2D eigenvalue weighted by Crippen LogP contribution is 2.24. The Balaban J connectivity index is 2.37. The summed E-state index contributed by atoms with van der Waals surface area (Å²) in [7, 11) is 0. The zero-order chi connectivity index (χ0) is 12.1. The van der Waals surface area contributed by atoms with Gasteiger partial charge in [-0.2, -0.15) is 0 Å². The van der Waals surface area contributed by atoms with Crippen molar-refractivity contribution in [1.82, 2.24) is 9.38 Å². The van der Waals surface area contributed by atoms with Gasteiger partial charge in [-0.1, -0.05) is 24.3 Å². The number of aryl methyl sites for hydroxylation is 1. The topological polar surface area (TPSA) is 17.3 Å². The molecule has 2 aromatic heterocycles. The molecule has 4 rings (SSSR count). The van der Waals surface area contributed by atoms with Crippen LogP contribution in [0.4, 0.5) is 0 Å². The summed E-state index contributed by atoms with van der Waals surface area (Å²) in [5.74, 6) is 0. The number of aromatic nitrogens is 2. The maximum Gasteiger partial charge on any atom is 0.138 e. The van der Waals surface area contributed by atoms with Crippen LogP contribution in [0.1, 0.15) is 5.56 Å². The predicted octanol–water partition coefficient (Wildman–Crippen LogP) is 3.95. The molecular weight excluding hydrogens is 220 g/mol. The minimum atomic E-state index is 1.01. The third-order valence-corrected chi connectivity index (χ3v) is 3.53. The first-order valence-electron chi connectivity index (χ1n) is 6.10. The quantitative estimate of drug-likeness (QED) is 0.448. The van der Waals surface area contributed by atoms with E-state index >= 15 is 0 Å². The van der Waals surface area contributed by atoms with Crippen molar-refractivity contribution in [3.63, 3.8) is 0 Å². The van der Waals surface area contributed by atoms with Gasteiger partial charge in [0.1, 0.15) is 5.65 Å². The summed E-state index contributed by atoms with van der Waals surface area (Å²) in [5, 5.41) is 1.29. The van der Waals surface area contributed by atoms with Crippen LogP contribution < -0.4 is 0 Å². The summed E-state index contributed by atoms with van der Waals surface area (Å²) in [6.07, 6.45) is 0. The first kappa shape index (κ1) is 9.66. The van der Waals surface area contributed by atoms with Gasteiger partial charge in [0.05, 0.1) is 16.6 Å². The molecule has 0 amide bonds. The molecule has 0 spiro atoms. The van der Waals surface area contributed by atoms with Gasteiger partial charge < -0.3 is 0 Å². The van der Waals surface area contributed by atoms with E-state index in [-0.39, 0.29) is 0 Å². The van der Waals surface area contributed by atoms with Crippen LogP contribution in [-0.2, 0) is 0 Å². The standard InChI is InChI=1S/C16H12N2/c1-11-5-4-8-14-12(11)9-10-16-17-13-6-2-3-7-15(13)18(14)16/h2-10H,1H3. The van der Waals surface area contributed by atoms with Crippen molar-refractivity contribution in [3.8, 4) is 0 Å². The molecule has 2 nitrogen and oxygen atoms in total. The number of pyridine rings is 1. The Morgan fingerprint density at radius 1 is 0.833 bits per heavy atom. The lowest BCUT2D eigenvalue weighted by Gasteiger charge is -2.05. The van der Waals surface area contributed by atoms with Gasteiger partial charge in [-0.15, -0.1) is 0 Å². The summed E-state index contributed by atoms with van der Waals surface area (Å²) in [6, 6.07) is 18.9. The first-order valence-corrected chi connectivity index (χ1v) is 6.10. The second-order valence-corrected chi connectivity index (χ2v) is 4.64. The molecule has 0 unspecified atom stereocenters. The number of nitrogens with zero attached hydrogens (tertiary/aromatic N) is 2. The highest BCUT2D eigenvalue weighted by molar-refractivity contribution is 5.91. The van der Waals surface area contributed by atoms with Gasteiger partial charge in [0, 0.05) is 5.39 Å². The van der Waals surface area contributed by atoms with E-state index in [1.165, 1.54) is 22.0 Å². The summed E-state index contributed by atoms with van der Waals surface area (Å²) in [4.78, 5) is 4.66.